The summed E-state index contributed by atoms with van der Waals surface area (Å²) in [6, 6.07) is 15.0. The molecule has 0 bridgehead atoms. The minimum absolute atomic E-state index is 0.108. The summed E-state index contributed by atoms with van der Waals surface area (Å²) < 4.78 is 5.00. The SMILES string of the molecule is COCCCN1C(=O)c2ccc(C(=O)N3CCN(c4ccccc4)CC3)cc2C1=O. The van der Waals surface area contributed by atoms with Crippen LogP contribution in [-0.2, 0) is 4.74 Å². The van der Waals surface area contributed by atoms with Gasteiger partial charge in [-0.25, -0.2) is 0 Å². The number of methoxy groups -OCH3 is 1. The molecule has 1 saturated heterocycles. The topological polar surface area (TPSA) is 70.2 Å². The highest BCUT2D eigenvalue weighted by Gasteiger charge is 2.36. The van der Waals surface area contributed by atoms with Crippen molar-refractivity contribution in [2.45, 2.75) is 6.42 Å². The molecule has 2 aliphatic heterocycles. The quantitative estimate of drug-likeness (QED) is 0.543. The zero-order valence-electron chi connectivity index (χ0n) is 17.0. The number of piperazine rings is 1. The van der Waals surface area contributed by atoms with Crippen molar-refractivity contribution in [1.82, 2.24) is 9.80 Å². The summed E-state index contributed by atoms with van der Waals surface area (Å²) in [7, 11) is 1.58. The molecule has 2 aliphatic rings. The molecule has 2 heterocycles. The first-order valence-corrected chi connectivity index (χ1v) is 10.2. The fourth-order valence-electron chi connectivity index (χ4n) is 3.98. The molecule has 0 unspecified atom stereocenters. The predicted octanol–water partition coefficient (Wildman–Crippen LogP) is 2.28. The number of nitrogens with zero attached hydrogens (tertiary/aromatic N) is 3. The summed E-state index contributed by atoms with van der Waals surface area (Å²) in [6.45, 7) is 3.52. The van der Waals surface area contributed by atoms with Crippen molar-refractivity contribution in [1.29, 1.82) is 0 Å². The van der Waals surface area contributed by atoms with Gasteiger partial charge in [-0.1, -0.05) is 18.2 Å². The number of benzene rings is 2. The number of carbonyl (C=O) groups excluding carboxylic acids is 3. The summed E-state index contributed by atoms with van der Waals surface area (Å²) >= 11 is 0. The van der Waals surface area contributed by atoms with Crippen molar-refractivity contribution in [3.63, 3.8) is 0 Å². The monoisotopic (exact) mass is 407 g/mol. The number of ether oxygens (including phenoxy) is 1. The van der Waals surface area contributed by atoms with Gasteiger partial charge in [-0.15, -0.1) is 0 Å². The first-order chi connectivity index (χ1) is 14.6. The van der Waals surface area contributed by atoms with Crippen LogP contribution in [0.1, 0.15) is 37.5 Å². The van der Waals surface area contributed by atoms with E-state index in [1.165, 1.54) is 4.90 Å². The fourth-order valence-corrected chi connectivity index (χ4v) is 3.98. The maximum atomic E-state index is 13.0. The molecule has 7 heteroatoms. The molecule has 2 aromatic carbocycles. The number of hydrogen-bond donors (Lipinski definition) is 0. The van der Waals surface area contributed by atoms with E-state index in [1.807, 2.05) is 18.2 Å². The largest absolute Gasteiger partial charge is 0.385 e. The van der Waals surface area contributed by atoms with Gasteiger partial charge in [0.15, 0.2) is 0 Å². The van der Waals surface area contributed by atoms with Gasteiger partial charge in [0.05, 0.1) is 11.1 Å². The highest BCUT2D eigenvalue weighted by atomic mass is 16.5. The zero-order chi connectivity index (χ0) is 21.1. The molecule has 0 spiro atoms. The van der Waals surface area contributed by atoms with Crippen molar-refractivity contribution in [2.75, 3.05) is 51.3 Å². The first-order valence-electron chi connectivity index (χ1n) is 10.2. The van der Waals surface area contributed by atoms with Gasteiger partial charge < -0.3 is 14.5 Å². The smallest absolute Gasteiger partial charge is 0.261 e. The average Bonchev–Trinajstić information content (AvgIpc) is 3.04. The van der Waals surface area contributed by atoms with Crippen LogP contribution in [0.2, 0.25) is 0 Å². The predicted molar refractivity (Wildman–Crippen MR) is 113 cm³/mol. The van der Waals surface area contributed by atoms with Crippen molar-refractivity contribution in [2.24, 2.45) is 0 Å². The number of fused-ring (bicyclic) bond motifs is 1. The Kier molecular flexibility index (Phi) is 5.81. The van der Waals surface area contributed by atoms with Crippen molar-refractivity contribution in [3.8, 4) is 0 Å². The number of amides is 3. The fraction of sp³-hybridized carbons (Fsp3) is 0.348. The van der Waals surface area contributed by atoms with Crippen LogP contribution in [0.4, 0.5) is 5.69 Å². The second-order valence-electron chi connectivity index (χ2n) is 7.48. The highest BCUT2D eigenvalue weighted by Crippen LogP contribution is 2.25. The van der Waals surface area contributed by atoms with Crippen LogP contribution in [0.5, 0.6) is 0 Å². The third-order valence-corrected chi connectivity index (χ3v) is 5.64. The van der Waals surface area contributed by atoms with Crippen LogP contribution in [-0.4, -0.2) is 74.0 Å². The minimum Gasteiger partial charge on any atom is -0.385 e. The summed E-state index contributed by atoms with van der Waals surface area (Å²) in [5.74, 6) is -0.750. The Balaban J connectivity index is 1.43. The number of hydrogen-bond acceptors (Lipinski definition) is 5. The van der Waals surface area contributed by atoms with E-state index in [0.29, 0.717) is 49.4 Å². The lowest BCUT2D eigenvalue weighted by atomic mass is 10.0. The normalized spacial score (nSPS) is 16.2. The Hall–Kier alpha value is -3.19. The second kappa shape index (κ2) is 8.67. The lowest BCUT2D eigenvalue weighted by Gasteiger charge is -2.36. The van der Waals surface area contributed by atoms with Gasteiger partial charge in [0.25, 0.3) is 17.7 Å². The maximum Gasteiger partial charge on any atom is 0.261 e. The van der Waals surface area contributed by atoms with Crippen molar-refractivity contribution >= 4 is 23.4 Å². The Bertz CT molecular complexity index is 952. The number of carbonyl (C=O) groups is 3. The van der Waals surface area contributed by atoms with Crippen molar-refractivity contribution < 1.29 is 19.1 Å². The Labute approximate surface area is 175 Å². The molecule has 0 aliphatic carbocycles. The van der Waals surface area contributed by atoms with Gasteiger partial charge in [0.2, 0.25) is 0 Å². The van der Waals surface area contributed by atoms with Crippen LogP contribution in [0.25, 0.3) is 0 Å². The van der Waals surface area contributed by atoms with Gasteiger partial charge in [0.1, 0.15) is 0 Å². The number of para-hydroxylation sites is 1. The number of anilines is 1. The van der Waals surface area contributed by atoms with E-state index in [9.17, 15) is 14.4 Å². The molecule has 0 N–H and O–H groups in total. The molecule has 4 rings (SSSR count). The van der Waals surface area contributed by atoms with Crippen LogP contribution >= 0.6 is 0 Å². The summed E-state index contributed by atoms with van der Waals surface area (Å²) in [6.07, 6.45) is 0.583. The molecule has 0 atom stereocenters. The van der Waals surface area contributed by atoms with E-state index >= 15 is 0 Å². The molecule has 3 amide bonds. The van der Waals surface area contributed by atoms with Gasteiger partial charge >= 0.3 is 0 Å². The molecule has 7 nitrogen and oxygen atoms in total. The Morgan fingerprint density at radius 2 is 1.63 bits per heavy atom. The lowest BCUT2D eigenvalue weighted by molar-refractivity contribution is 0.0638. The summed E-state index contributed by atoms with van der Waals surface area (Å²) in [4.78, 5) is 43.5. The molecule has 156 valence electrons. The van der Waals surface area contributed by atoms with Gasteiger partial charge in [-0.3, -0.25) is 19.3 Å². The van der Waals surface area contributed by atoms with Crippen LogP contribution in [0.15, 0.2) is 48.5 Å². The summed E-state index contributed by atoms with van der Waals surface area (Å²) in [5, 5.41) is 0. The molecular formula is C23H25N3O4. The number of imide groups is 1. The van der Waals surface area contributed by atoms with Crippen LogP contribution < -0.4 is 4.90 Å². The van der Waals surface area contributed by atoms with E-state index in [2.05, 4.69) is 17.0 Å². The molecule has 2 aromatic rings. The molecular weight excluding hydrogens is 382 g/mol. The molecule has 0 radical (unpaired) electrons. The van der Waals surface area contributed by atoms with E-state index < -0.39 is 0 Å². The van der Waals surface area contributed by atoms with E-state index in [0.717, 1.165) is 18.8 Å². The Morgan fingerprint density at radius 3 is 2.33 bits per heavy atom. The van der Waals surface area contributed by atoms with E-state index in [4.69, 9.17) is 4.74 Å². The standard InChI is InChI=1S/C23H25N3O4/c1-30-15-5-10-26-22(28)19-9-8-17(16-20(19)23(26)29)21(27)25-13-11-24(12-14-25)18-6-3-2-4-7-18/h2-4,6-9,16H,5,10-15H2,1H3. The first kappa shape index (κ1) is 20.1. The lowest BCUT2D eigenvalue weighted by Crippen LogP contribution is -2.48. The third-order valence-electron chi connectivity index (χ3n) is 5.64. The second-order valence-corrected chi connectivity index (χ2v) is 7.48. The van der Waals surface area contributed by atoms with E-state index in [-0.39, 0.29) is 17.7 Å². The van der Waals surface area contributed by atoms with Crippen molar-refractivity contribution in [3.05, 3.63) is 65.2 Å². The van der Waals surface area contributed by atoms with Gasteiger partial charge in [-0.05, 0) is 36.8 Å². The van der Waals surface area contributed by atoms with Crippen LogP contribution in [0, 0.1) is 0 Å². The van der Waals surface area contributed by atoms with Crippen LogP contribution in [0.3, 0.4) is 0 Å². The zero-order valence-corrected chi connectivity index (χ0v) is 17.0. The minimum atomic E-state index is -0.338. The number of rotatable bonds is 6. The maximum absolute atomic E-state index is 13.0. The van der Waals surface area contributed by atoms with E-state index in [1.54, 1.807) is 30.2 Å². The third kappa shape index (κ3) is 3.80. The Morgan fingerprint density at radius 1 is 0.933 bits per heavy atom. The van der Waals surface area contributed by atoms with Gasteiger partial charge in [0, 0.05) is 57.7 Å². The molecule has 30 heavy (non-hydrogen) atoms. The highest BCUT2D eigenvalue weighted by molar-refractivity contribution is 6.22. The molecule has 1 fully saturated rings. The van der Waals surface area contributed by atoms with Gasteiger partial charge in [-0.2, -0.15) is 0 Å². The average molecular weight is 407 g/mol. The molecule has 0 aromatic heterocycles. The summed E-state index contributed by atoms with van der Waals surface area (Å²) in [5.41, 5.74) is 2.27. The molecule has 0 saturated carbocycles.